The highest BCUT2D eigenvalue weighted by molar-refractivity contribution is 5.87. The summed E-state index contributed by atoms with van der Waals surface area (Å²) in [6.07, 6.45) is 1.20. The van der Waals surface area contributed by atoms with E-state index in [1.165, 1.54) is 0 Å². The van der Waals surface area contributed by atoms with Crippen molar-refractivity contribution in [1.82, 2.24) is 4.90 Å². The second kappa shape index (κ2) is 6.95. The SMILES string of the molecule is CCOC(=O)C1C(C)CCN1C(=O)Cc1c(C)cccc1C. The summed E-state index contributed by atoms with van der Waals surface area (Å²) in [6, 6.07) is 5.60. The van der Waals surface area contributed by atoms with Gasteiger partial charge in [0, 0.05) is 6.54 Å². The van der Waals surface area contributed by atoms with Gasteiger partial charge in [-0.25, -0.2) is 4.79 Å². The number of carbonyl (C=O) groups excluding carboxylic acids is 2. The normalized spacial score (nSPS) is 21.0. The molecule has 1 aromatic rings. The zero-order valence-corrected chi connectivity index (χ0v) is 13.9. The first-order valence-electron chi connectivity index (χ1n) is 7.96. The molecule has 1 heterocycles. The molecule has 1 fully saturated rings. The van der Waals surface area contributed by atoms with Crippen molar-refractivity contribution >= 4 is 11.9 Å². The standard InChI is InChI=1S/C18H25NO3/c1-5-22-18(21)17-14(4)9-10-19(17)16(20)11-15-12(2)7-6-8-13(15)3/h6-8,14,17H,5,9-11H2,1-4H3. The highest BCUT2D eigenvalue weighted by atomic mass is 16.5. The van der Waals surface area contributed by atoms with Gasteiger partial charge in [0.15, 0.2) is 0 Å². The number of hydrogen-bond acceptors (Lipinski definition) is 3. The van der Waals surface area contributed by atoms with Crippen molar-refractivity contribution in [2.75, 3.05) is 13.2 Å². The van der Waals surface area contributed by atoms with Crippen molar-refractivity contribution in [3.63, 3.8) is 0 Å². The van der Waals surface area contributed by atoms with Crippen LogP contribution < -0.4 is 0 Å². The quantitative estimate of drug-likeness (QED) is 0.803. The van der Waals surface area contributed by atoms with Crippen LogP contribution in [0.3, 0.4) is 0 Å². The van der Waals surface area contributed by atoms with Crippen molar-refractivity contribution in [2.45, 2.75) is 46.6 Å². The fourth-order valence-electron chi connectivity index (χ4n) is 3.19. The molecule has 0 aliphatic carbocycles. The van der Waals surface area contributed by atoms with Crippen LogP contribution in [-0.2, 0) is 20.7 Å². The van der Waals surface area contributed by atoms with E-state index in [1.54, 1.807) is 11.8 Å². The van der Waals surface area contributed by atoms with E-state index in [4.69, 9.17) is 4.74 Å². The van der Waals surface area contributed by atoms with E-state index in [-0.39, 0.29) is 17.8 Å². The highest BCUT2D eigenvalue weighted by Crippen LogP contribution is 2.26. The topological polar surface area (TPSA) is 46.6 Å². The molecule has 0 aromatic heterocycles. The van der Waals surface area contributed by atoms with Gasteiger partial charge in [-0.3, -0.25) is 4.79 Å². The molecule has 0 radical (unpaired) electrons. The summed E-state index contributed by atoms with van der Waals surface area (Å²) in [6.45, 7) is 8.82. The van der Waals surface area contributed by atoms with Crippen molar-refractivity contribution < 1.29 is 14.3 Å². The molecule has 4 nitrogen and oxygen atoms in total. The summed E-state index contributed by atoms with van der Waals surface area (Å²) < 4.78 is 5.14. The molecular formula is C18H25NO3. The van der Waals surface area contributed by atoms with Crippen LogP contribution in [0.2, 0.25) is 0 Å². The largest absolute Gasteiger partial charge is 0.464 e. The minimum atomic E-state index is -0.434. The van der Waals surface area contributed by atoms with E-state index in [1.807, 2.05) is 39.0 Å². The van der Waals surface area contributed by atoms with Crippen LogP contribution in [0.1, 0.15) is 37.0 Å². The molecule has 4 heteroatoms. The van der Waals surface area contributed by atoms with Crippen LogP contribution in [0.5, 0.6) is 0 Å². The number of nitrogens with zero attached hydrogens (tertiary/aromatic N) is 1. The molecule has 2 atom stereocenters. The Morgan fingerprint density at radius 3 is 2.50 bits per heavy atom. The summed E-state index contributed by atoms with van der Waals surface area (Å²) in [4.78, 5) is 26.5. The van der Waals surface area contributed by atoms with E-state index in [2.05, 4.69) is 0 Å². The molecule has 22 heavy (non-hydrogen) atoms. The van der Waals surface area contributed by atoms with Crippen LogP contribution >= 0.6 is 0 Å². The maximum absolute atomic E-state index is 12.7. The van der Waals surface area contributed by atoms with Crippen molar-refractivity contribution in [2.24, 2.45) is 5.92 Å². The third-order valence-electron chi connectivity index (χ3n) is 4.52. The van der Waals surface area contributed by atoms with Gasteiger partial charge in [0.2, 0.25) is 5.91 Å². The number of rotatable bonds is 4. The second-order valence-electron chi connectivity index (χ2n) is 6.10. The van der Waals surface area contributed by atoms with Crippen LogP contribution in [0.15, 0.2) is 18.2 Å². The maximum atomic E-state index is 12.7. The Balaban J connectivity index is 2.16. The molecule has 1 aliphatic heterocycles. The summed E-state index contributed by atoms with van der Waals surface area (Å²) in [7, 11) is 0. The van der Waals surface area contributed by atoms with Gasteiger partial charge in [-0.1, -0.05) is 25.1 Å². The Hall–Kier alpha value is -1.84. The van der Waals surface area contributed by atoms with E-state index < -0.39 is 6.04 Å². The lowest BCUT2D eigenvalue weighted by Crippen LogP contribution is -2.44. The maximum Gasteiger partial charge on any atom is 0.329 e. The summed E-state index contributed by atoms with van der Waals surface area (Å²) >= 11 is 0. The third kappa shape index (κ3) is 3.32. The van der Waals surface area contributed by atoms with Gasteiger partial charge in [0.25, 0.3) is 0 Å². The molecule has 1 amide bonds. The van der Waals surface area contributed by atoms with E-state index in [9.17, 15) is 9.59 Å². The third-order valence-corrected chi connectivity index (χ3v) is 4.52. The lowest BCUT2D eigenvalue weighted by atomic mass is 9.99. The lowest BCUT2D eigenvalue weighted by Gasteiger charge is -2.25. The van der Waals surface area contributed by atoms with Gasteiger partial charge >= 0.3 is 5.97 Å². The molecule has 1 aliphatic rings. The first-order valence-corrected chi connectivity index (χ1v) is 7.96. The Kier molecular flexibility index (Phi) is 5.22. The fraction of sp³-hybridized carbons (Fsp3) is 0.556. The van der Waals surface area contributed by atoms with E-state index in [0.29, 0.717) is 19.6 Å². The Bertz CT molecular complexity index is 547. The Morgan fingerprint density at radius 2 is 1.91 bits per heavy atom. The number of likely N-dealkylation sites (tertiary alicyclic amines) is 1. The lowest BCUT2D eigenvalue weighted by molar-refractivity contribution is -0.154. The number of esters is 1. The van der Waals surface area contributed by atoms with Gasteiger partial charge in [-0.05, 0) is 49.8 Å². The first kappa shape index (κ1) is 16.5. The molecule has 0 N–H and O–H groups in total. The highest BCUT2D eigenvalue weighted by Gasteiger charge is 2.40. The number of aryl methyl sites for hydroxylation is 2. The summed E-state index contributed by atoms with van der Waals surface area (Å²) in [5, 5.41) is 0. The van der Waals surface area contributed by atoms with Crippen molar-refractivity contribution in [3.8, 4) is 0 Å². The van der Waals surface area contributed by atoms with E-state index in [0.717, 1.165) is 23.1 Å². The number of ether oxygens (including phenoxy) is 1. The summed E-state index contributed by atoms with van der Waals surface area (Å²) in [5.41, 5.74) is 3.30. The van der Waals surface area contributed by atoms with Crippen LogP contribution in [0, 0.1) is 19.8 Å². The Labute approximate surface area is 132 Å². The average Bonchev–Trinajstić information content (AvgIpc) is 2.85. The van der Waals surface area contributed by atoms with Gasteiger partial charge in [-0.2, -0.15) is 0 Å². The minimum absolute atomic E-state index is 0.0137. The van der Waals surface area contributed by atoms with E-state index >= 15 is 0 Å². The fourth-order valence-corrected chi connectivity index (χ4v) is 3.19. The van der Waals surface area contributed by atoms with Crippen LogP contribution in [0.4, 0.5) is 0 Å². The number of benzene rings is 1. The number of hydrogen-bond donors (Lipinski definition) is 0. The molecule has 0 saturated carbocycles. The monoisotopic (exact) mass is 303 g/mol. The molecule has 2 rings (SSSR count). The minimum Gasteiger partial charge on any atom is -0.464 e. The first-order chi connectivity index (χ1) is 10.5. The molecule has 2 unspecified atom stereocenters. The molecule has 120 valence electrons. The summed E-state index contributed by atoms with van der Waals surface area (Å²) in [5.74, 6) is -0.108. The smallest absolute Gasteiger partial charge is 0.329 e. The molecule has 0 spiro atoms. The van der Waals surface area contributed by atoms with Gasteiger partial charge in [-0.15, -0.1) is 0 Å². The van der Waals surface area contributed by atoms with Gasteiger partial charge in [0.05, 0.1) is 13.0 Å². The molecule has 1 saturated heterocycles. The zero-order valence-electron chi connectivity index (χ0n) is 13.9. The number of amides is 1. The molecule has 1 aromatic carbocycles. The van der Waals surface area contributed by atoms with Crippen LogP contribution in [0.25, 0.3) is 0 Å². The predicted octanol–water partition coefficient (Wildman–Crippen LogP) is 2.65. The van der Waals surface area contributed by atoms with Crippen molar-refractivity contribution in [1.29, 1.82) is 0 Å². The molecular weight excluding hydrogens is 278 g/mol. The van der Waals surface area contributed by atoms with Gasteiger partial charge < -0.3 is 9.64 Å². The Morgan fingerprint density at radius 1 is 1.27 bits per heavy atom. The second-order valence-corrected chi connectivity index (χ2v) is 6.10. The number of carbonyl (C=O) groups is 2. The zero-order chi connectivity index (χ0) is 16.3. The van der Waals surface area contributed by atoms with Gasteiger partial charge in [0.1, 0.15) is 6.04 Å². The van der Waals surface area contributed by atoms with Crippen LogP contribution in [-0.4, -0.2) is 36.0 Å². The average molecular weight is 303 g/mol. The molecule has 0 bridgehead atoms. The van der Waals surface area contributed by atoms with Crippen molar-refractivity contribution in [3.05, 3.63) is 34.9 Å². The predicted molar refractivity (Wildman–Crippen MR) is 85.5 cm³/mol.